The summed E-state index contributed by atoms with van der Waals surface area (Å²) in [5.74, 6) is 0. The third-order valence-electron chi connectivity index (χ3n) is 1.18. The Labute approximate surface area is 78.9 Å². The molecule has 1 unspecified atom stereocenters. The van der Waals surface area contributed by atoms with Gasteiger partial charge in [-0.1, -0.05) is 0 Å². The Morgan fingerprint density at radius 3 is 2.00 bits per heavy atom. The molecule has 0 radical (unpaired) electrons. The van der Waals surface area contributed by atoms with Gasteiger partial charge in [0.2, 0.25) is 0 Å². The van der Waals surface area contributed by atoms with E-state index in [2.05, 4.69) is 0 Å². The molecule has 0 fully saturated rings. The lowest BCUT2D eigenvalue weighted by Gasteiger charge is -2.19. The van der Waals surface area contributed by atoms with Crippen LogP contribution in [0.1, 0.15) is 20.8 Å². The van der Waals surface area contributed by atoms with Crippen molar-refractivity contribution in [3.8, 4) is 0 Å². The maximum absolute atomic E-state index is 11.6. The van der Waals surface area contributed by atoms with Gasteiger partial charge in [0, 0.05) is 7.11 Å². The van der Waals surface area contributed by atoms with Gasteiger partial charge in [0.25, 0.3) is 0 Å². The Hall–Kier alpha value is 0.0700. The molecule has 0 saturated heterocycles. The van der Waals surface area contributed by atoms with E-state index in [1.807, 2.05) is 0 Å². The van der Waals surface area contributed by atoms with E-state index in [1.54, 1.807) is 20.8 Å². The maximum Gasteiger partial charge on any atom is 0.477 e. The predicted octanol–water partition coefficient (Wildman–Crippen LogP) is 2.18. The van der Waals surface area contributed by atoms with Gasteiger partial charge in [0.1, 0.15) is 0 Å². The van der Waals surface area contributed by atoms with E-state index in [0.717, 1.165) is 0 Å². The summed E-state index contributed by atoms with van der Waals surface area (Å²) in [5, 5.41) is 0. The van der Waals surface area contributed by atoms with Gasteiger partial charge in [-0.05, 0) is 20.8 Å². The van der Waals surface area contributed by atoms with Crippen molar-refractivity contribution in [2.75, 3.05) is 20.3 Å². The molecule has 0 aliphatic carbocycles. The van der Waals surface area contributed by atoms with E-state index in [-0.39, 0.29) is 13.2 Å². The lowest BCUT2D eigenvalue weighted by Crippen LogP contribution is -2.11. The number of phosphoric ester groups is 1. The molecule has 0 aromatic heterocycles. The zero-order valence-corrected chi connectivity index (χ0v) is 9.37. The van der Waals surface area contributed by atoms with Crippen LogP contribution in [-0.4, -0.2) is 26.6 Å². The zero-order chi connectivity index (χ0) is 10.3. The van der Waals surface area contributed by atoms with E-state index >= 15 is 0 Å². The Kier molecular flexibility index (Phi) is 6.55. The Morgan fingerprint density at radius 1 is 1.23 bits per heavy atom. The Balaban J connectivity index is 4.14. The summed E-state index contributed by atoms with van der Waals surface area (Å²) in [6.07, 6.45) is -0.607. The smallest absolute Gasteiger partial charge is 0.356 e. The van der Waals surface area contributed by atoms with Crippen molar-refractivity contribution >= 4 is 7.82 Å². The number of phosphoric acid groups is 1. The normalized spacial score (nSPS) is 14.5. The van der Waals surface area contributed by atoms with Gasteiger partial charge >= 0.3 is 7.82 Å². The molecule has 0 spiro atoms. The highest BCUT2D eigenvalue weighted by Gasteiger charge is 2.27. The molecule has 1 atom stereocenters. The average Bonchev–Trinajstić information content (AvgIpc) is 2.04. The minimum Gasteiger partial charge on any atom is -0.356 e. The van der Waals surface area contributed by atoms with Crippen molar-refractivity contribution in [1.82, 2.24) is 0 Å². The van der Waals surface area contributed by atoms with Crippen LogP contribution in [0.2, 0.25) is 0 Å². The lowest BCUT2D eigenvalue weighted by atomic mass is 10.8. The molecule has 0 N–H and O–H groups in total. The lowest BCUT2D eigenvalue weighted by molar-refractivity contribution is -0.0627. The summed E-state index contributed by atoms with van der Waals surface area (Å²) in [7, 11) is -1.97. The van der Waals surface area contributed by atoms with Crippen molar-refractivity contribution in [3.05, 3.63) is 0 Å². The minimum atomic E-state index is -3.42. The first kappa shape index (κ1) is 13.1. The Bertz CT molecular complexity index is 162. The Morgan fingerprint density at radius 2 is 1.69 bits per heavy atom. The summed E-state index contributed by atoms with van der Waals surface area (Å²) in [4.78, 5) is 0. The summed E-state index contributed by atoms with van der Waals surface area (Å²) in [6.45, 7) is 5.59. The second kappa shape index (κ2) is 6.51. The van der Waals surface area contributed by atoms with E-state index < -0.39 is 14.1 Å². The molecule has 80 valence electrons. The van der Waals surface area contributed by atoms with Gasteiger partial charge < -0.3 is 4.74 Å². The van der Waals surface area contributed by atoms with E-state index in [1.165, 1.54) is 7.11 Å². The van der Waals surface area contributed by atoms with Gasteiger partial charge in [-0.25, -0.2) is 4.57 Å². The van der Waals surface area contributed by atoms with Gasteiger partial charge in [-0.3, -0.25) is 13.6 Å². The molecule has 0 aromatic rings. The van der Waals surface area contributed by atoms with Crippen molar-refractivity contribution in [2.45, 2.75) is 27.1 Å². The van der Waals surface area contributed by atoms with E-state index in [0.29, 0.717) is 0 Å². The summed E-state index contributed by atoms with van der Waals surface area (Å²) in [5.41, 5.74) is 0. The first-order valence-corrected chi connectivity index (χ1v) is 5.64. The molecule has 0 amide bonds. The SMILES string of the molecule is CCOP(=O)(OCC)OC(C)OC. The molecule has 0 heterocycles. The second-order valence-electron chi connectivity index (χ2n) is 2.19. The molecule has 0 rings (SSSR count). The molecule has 0 aliphatic rings. The molecular weight excluding hydrogens is 195 g/mol. The predicted molar refractivity (Wildman–Crippen MR) is 48.4 cm³/mol. The van der Waals surface area contributed by atoms with Crippen LogP contribution >= 0.6 is 7.82 Å². The molecule has 0 saturated carbocycles. The van der Waals surface area contributed by atoms with Crippen LogP contribution in [0.15, 0.2) is 0 Å². The number of rotatable bonds is 7. The fourth-order valence-electron chi connectivity index (χ4n) is 0.639. The summed E-state index contributed by atoms with van der Waals surface area (Å²) in [6, 6.07) is 0. The van der Waals surface area contributed by atoms with Gasteiger partial charge in [0.15, 0.2) is 6.29 Å². The maximum atomic E-state index is 11.6. The van der Waals surface area contributed by atoms with Gasteiger partial charge in [-0.2, -0.15) is 0 Å². The minimum absolute atomic E-state index is 0.272. The van der Waals surface area contributed by atoms with Crippen LogP contribution in [-0.2, 0) is 22.9 Å². The highest BCUT2D eigenvalue weighted by atomic mass is 31.2. The number of methoxy groups -OCH3 is 1. The van der Waals surface area contributed by atoms with Crippen molar-refractivity contribution < 1.29 is 22.9 Å². The van der Waals surface area contributed by atoms with Crippen LogP contribution in [0.4, 0.5) is 0 Å². The molecular formula is C7H17O5P. The topological polar surface area (TPSA) is 54.0 Å². The van der Waals surface area contributed by atoms with E-state index in [9.17, 15) is 4.57 Å². The van der Waals surface area contributed by atoms with Gasteiger partial charge in [0.05, 0.1) is 13.2 Å². The highest BCUT2D eigenvalue weighted by molar-refractivity contribution is 7.48. The number of hydrogen-bond acceptors (Lipinski definition) is 5. The molecule has 5 nitrogen and oxygen atoms in total. The third kappa shape index (κ3) is 5.39. The van der Waals surface area contributed by atoms with Crippen LogP contribution < -0.4 is 0 Å². The molecule has 0 bridgehead atoms. The highest BCUT2D eigenvalue weighted by Crippen LogP contribution is 2.50. The van der Waals surface area contributed by atoms with Crippen molar-refractivity contribution in [1.29, 1.82) is 0 Å². The average molecular weight is 212 g/mol. The molecule has 0 aliphatic heterocycles. The van der Waals surface area contributed by atoms with Crippen LogP contribution in [0.5, 0.6) is 0 Å². The molecule has 6 heteroatoms. The van der Waals surface area contributed by atoms with Crippen LogP contribution in [0, 0.1) is 0 Å². The quantitative estimate of drug-likeness (QED) is 0.478. The summed E-state index contributed by atoms with van der Waals surface area (Å²) < 4.78 is 31.1. The summed E-state index contributed by atoms with van der Waals surface area (Å²) >= 11 is 0. The van der Waals surface area contributed by atoms with Crippen LogP contribution in [0.3, 0.4) is 0 Å². The van der Waals surface area contributed by atoms with Crippen LogP contribution in [0.25, 0.3) is 0 Å². The third-order valence-corrected chi connectivity index (χ3v) is 2.89. The van der Waals surface area contributed by atoms with E-state index in [4.69, 9.17) is 18.3 Å². The number of hydrogen-bond donors (Lipinski definition) is 0. The van der Waals surface area contributed by atoms with Crippen molar-refractivity contribution in [3.63, 3.8) is 0 Å². The zero-order valence-electron chi connectivity index (χ0n) is 8.48. The second-order valence-corrected chi connectivity index (χ2v) is 3.81. The molecule has 13 heavy (non-hydrogen) atoms. The monoisotopic (exact) mass is 212 g/mol. The first-order valence-electron chi connectivity index (χ1n) is 4.18. The fourth-order valence-corrected chi connectivity index (χ4v) is 1.92. The first-order chi connectivity index (χ1) is 6.08. The standard InChI is InChI=1S/C7H17O5P/c1-5-10-13(8,11-6-2)12-7(3)9-4/h7H,5-6H2,1-4H3. The molecule has 0 aromatic carbocycles. The largest absolute Gasteiger partial charge is 0.477 e. The van der Waals surface area contributed by atoms with Gasteiger partial charge in [-0.15, -0.1) is 0 Å². The number of ether oxygens (including phenoxy) is 1. The fraction of sp³-hybridized carbons (Fsp3) is 1.00. The van der Waals surface area contributed by atoms with Crippen molar-refractivity contribution in [2.24, 2.45) is 0 Å².